The summed E-state index contributed by atoms with van der Waals surface area (Å²) in [5.74, 6) is 0.898. The standard InChI is InChI=1S/C11H17NOS2/c1-9-6-15-10(13)12(9)7-11(8-14)4-2-3-5-11/h6,14H,2-5,7-8H2,1H3. The van der Waals surface area contributed by atoms with Crippen LogP contribution in [0.15, 0.2) is 10.2 Å². The topological polar surface area (TPSA) is 22.0 Å². The SMILES string of the molecule is Cc1csc(=O)n1CC1(CS)CCCC1. The maximum absolute atomic E-state index is 11.6. The van der Waals surface area contributed by atoms with Crippen molar-refractivity contribution >= 4 is 24.0 Å². The summed E-state index contributed by atoms with van der Waals surface area (Å²) in [6.07, 6.45) is 5.02. The van der Waals surface area contributed by atoms with Crippen LogP contribution in [-0.4, -0.2) is 10.3 Å². The number of thiazole rings is 1. The Labute approximate surface area is 99.7 Å². The van der Waals surface area contributed by atoms with Crippen LogP contribution >= 0.6 is 24.0 Å². The minimum atomic E-state index is 0.181. The van der Waals surface area contributed by atoms with Crippen LogP contribution in [0.5, 0.6) is 0 Å². The first-order chi connectivity index (χ1) is 7.17. The lowest BCUT2D eigenvalue weighted by Gasteiger charge is -2.27. The molecule has 1 heterocycles. The van der Waals surface area contributed by atoms with Crippen molar-refractivity contribution in [2.75, 3.05) is 5.75 Å². The van der Waals surface area contributed by atoms with Gasteiger partial charge in [-0.3, -0.25) is 4.79 Å². The van der Waals surface area contributed by atoms with Crippen LogP contribution in [0.2, 0.25) is 0 Å². The average molecular weight is 243 g/mol. The summed E-state index contributed by atoms with van der Waals surface area (Å²) >= 11 is 5.78. The highest BCUT2D eigenvalue weighted by molar-refractivity contribution is 7.80. The molecule has 1 fully saturated rings. The molecule has 0 unspecified atom stereocenters. The number of hydrogen-bond acceptors (Lipinski definition) is 3. The Morgan fingerprint density at radius 1 is 1.53 bits per heavy atom. The lowest BCUT2D eigenvalue weighted by molar-refractivity contribution is 0.286. The van der Waals surface area contributed by atoms with Gasteiger partial charge in [0.15, 0.2) is 0 Å². The second-order valence-electron chi connectivity index (χ2n) is 4.59. The fourth-order valence-electron chi connectivity index (χ4n) is 2.42. The minimum absolute atomic E-state index is 0.181. The molecule has 0 aromatic carbocycles. The van der Waals surface area contributed by atoms with Crippen molar-refractivity contribution in [1.29, 1.82) is 0 Å². The zero-order valence-corrected chi connectivity index (χ0v) is 10.7. The van der Waals surface area contributed by atoms with E-state index >= 15 is 0 Å². The van der Waals surface area contributed by atoms with Crippen LogP contribution < -0.4 is 4.87 Å². The van der Waals surface area contributed by atoms with Gasteiger partial charge in [-0.05, 0) is 30.9 Å². The monoisotopic (exact) mass is 243 g/mol. The average Bonchev–Trinajstić information content (AvgIpc) is 2.81. The second kappa shape index (κ2) is 4.34. The Hall–Kier alpha value is -0.220. The van der Waals surface area contributed by atoms with Crippen molar-refractivity contribution in [2.24, 2.45) is 5.41 Å². The van der Waals surface area contributed by atoms with Gasteiger partial charge in [0.25, 0.3) is 0 Å². The zero-order chi connectivity index (χ0) is 10.9. The fourth-order valence-corrected chi connectivity index (χ4v) is 3.57. The van der Waals surface area contributed by atoms with Crippen LogP contribution in [-0.2, 0) is 6.54 Å². The predicted molar refractivity (Wildman–Crippen MR) is 68.1 cm³/mol. The van der Waals surface area contributed by atoms with E-state index in [-0.39, 0.29) is 10.3 Å². The summed E-state index contributed by atoms with van der Waals surface area (Å²) in [5, 5.41) is 1.95. The first kappa shape index (κ1) is 11.3. The molecule has 0 saturated heterocycles. The van der Waals surface area contributed by atoms with E-state index in [9.17, 15) is 4.79 Å². The highest BCUT2D eigenvalue weighted by atomic mass is 32.1. The number of aromatic nitrogens is 1. The molecule has 0 amide bonds. The molecule has 0 bridgehead atoms. The Morgan fingerprint density at radius 2 is 2.20 bits per heavy atom. The Bertz CT molecular complexity index is 388. The van der Waals surface area contributed by atoms with E-state index in [4.69, 9.17) is 0 Å². The smallest absolute Gasteiger partial charge is 0.303 e. The number of rotatable bonds is 3. The molecule has 0 radical (unpaired) electrons. The minimum Gasteiger partial charge on any atom is -0.303 e. The van der Waals surface area contributed by atoms with Crippen molar-refractivity contribution in [3.63, 3.8) is 0 Å². The van der Waals surface area contributed by atoms with Crippen molar-refractivity contribution < 1.29 is 0 Å². The number of thiol groups is 1. The zero-order valence-electron chi connectivity index (χ0n) is 9.03. The van der Waals surface area contributed by atoms with Crippen LogP contribution in [0.25, 0.3) is 0 Å². The van der Waals surface area contributed by atoms with E-state index < -0.39 is 0 Å². The van der Waals surface area contributed by atoms with Gasteiger partial charge < -0.3 is 4.57 Å². The predicted octanol–water partition coefficient (Wildman–Crippen LogP) is 2.71. The molecule has 2 rings (SSSR count). The van der Waals surface area contributed by atoms with Gasteiger partial charge in [-0.15, -0.1) is 0 Å². The molecule has 84 valence electrons. The van der Waals surface area contributed by atoms with Gasteiger partial charge in [-0.2, -0.15) is 12.6 Å². The van der Waals surface area contributed by atoms with E-state index in [0.29, 0.717) is 0 Å². The number of hydrogen-bond donors (Lipinski definition) is 1. The van der Waals surface area contributed by atoms with Gasteiger partial charge in [-0.25, -0.2) is 0 Å². The summed E-state index contributed by atoms with van der Waals surface area (Å²) in [4.78, 5) is 11.8. The van der Waals surface area contributed by atoms with Crippen molar-refractivity contribution in [1.82, 2.24) is 4.57 Å². The van der Waals surface area contributed by atoms with E-state index in [2.05, 4.69) is 12.6 Å². The first-order valence-corrected chi connectivity index (χ1v) is 6.94. The molecule has 0 N–H and O–H groups in total. The van der Waals surface area contributed by atoms with Gasteiger partial charge in [-0.1, -0.05) is 24.2 Å². The van der Waals surface area contributed by atoms with E-state index in [1.165, 1.54) is 37.0 Å². The highest BCUT2D eigenvalue weighted by Crippen LogP contribution is 2.40. The van der Waals surface area contributed by atoms with Gasteiger partial charge in [0.05, 0.1) is 0 Å². The summed E-state index contributed by atoms with van der Waals surface area (Å²) in [6, 6.07) is 0. The molecule has 1 aromatic heterocycles. The van der Waals surface area contributed by atoms with Crippen LogP contribution in [0.4, 0.5) is 0 Å². The van der Waals surface area contributed by atoms with Crippen LogP contribution in [0, 0.1) is 12.3 Å². The summed E-state index contributed by atoms with van der Waals surface area (Å²) in [7, 11) is 0. The summed E-state index contributed by atoms with van der Waals surface area (Å²) < 4.78 is 1.92. The Balaban J connectivity index is 2.23. The van der Waals surface area contributed by atoms with Gasteiger partial charge in [0, 0.05) is 17.6 Å². The number of aryl methyl sites for hydroxylation is 1. The molecule has 1 saturated carbocycles. The molecular weight excluding hydrogens is 226 g/mol. The first-order valence-electron chi connectivity index (χ1n) is 5.43. The van der Waals surface area contributed by atoms with Crippen molar-refractivity contribution in [3.05, 3.63) is 20.7 Å². The van der Waals surface area contributed by atoms with Crippen LogP contribution in [0.1, 0.15) is 31.4 Å². The highest BCUT2D eigenvalue weighted by Gasteiger charge is 2.33. The quantitative estimate of drug-likeness (QED) is 0.810. The van der Waals surface area contributed by atoms with Crippen LogP contribution in [0.3, 0.4) is 0 Å². The maximum Gasteiger partial charge on any atom is 0.307 e. The van der Waals surface area contributed by atoms with Gasteiger partial charge in [0.1, 0.15) is 0 Å². The third-order valence-corrected chi connectivity index (χ3v) is 5.02. The third-order valence-electron chi connectivity index (χ3n) is 3.47. The molecule has 0 aliphatic heterocycles. The Morgan fingerprint density at radius 3 is 2.67 bits per heavy atom. The Kier molecular flexibility index (Phi) is 3.26. The molecular formula is C11H17NOS2. The lowest BCUT2D eigenvalue weighted by atomic mass is 9.88. The lowest BCUT2D eigenvalue weighted by Crippen LogP contribution is -2.30. The molecule has 0 spiro atoms. The molecule has 4 heteroatoms. The summed E-state index contributed by atoms with van der Waals surface area (Å²) in [6.45, 7) is 2.88. The van der Waals surface area contributed by atoms with Gasteiger partial charge in [0.2, 0.25) is 0 Å². The molecule has 1 aliphatic rings. The van der Waals surface area contributed by atoms with Gasteiger partial charge >= 0.3 is 4.87 Å². The normalized spacial score (nSPS) is 19.6. The molecule has 1 aliphatic carbocycles. The fraction of sp³-hybridized carbons (Fsp3) is 0.727. The molecule has 15 heavy (non-hydrogen) atoms. The summed E-state index contributed by atoms with van der Waals surface area (Å²) in [5.41, 5.74) is 1.37. The van der Waals surface area contributed by atoms with E-state index in [1.807, 2.05) is 16.9 Å². The van der Waals surface area contributed by atoms with E-state index in [0.717, 1.165) is 18.0 Å². The van der Waals surface area contributed by atoms with Crippen molar-refractivity contribution in [2.45, 2.75) is 39.2 Å². The van der Waals surface area contributed by atoms with E-state index in [1.54, 1.807) is 0 Å². The molecule has 1 aromatic rings. The second-order valence-corrected chi connectivity index (χ2v) is 5.73. The molecule has 0 atom stereocenters. The largest absolute Gasteiger partial charge is 0.307 e. The maximum atomic E-state index is 11.6. The third kappa shape index (κ3) is 2.16. The number of nitrogens with zero attached hydrogens (tertiary/aromatic N) is 1. The molecule has 2 nitrogen and oxygen atoms in total. The van der Waals surface area contributed by atoms with Crippen molar-refractivity contribution in [3.8, 4) is 0 Å².